The van der Waals surface area contributed by atoms with Gasteiger partial charge < -0.3 is 15.2 Å². The number of carboxylic acid groups (broad SMARTS) is 1. The predicted octanol–water partition coefficient (Wildman–Crippen LogP) is 4.13. The minimum atomic E-state index is -4.52. The van der Waals surface area contributed by atoms with Crippen molar-refractivity contribution < 1.29 is 32.6 Å². The zero-order valence-corrected chi connectivity index (χ0v) is 14.3. The van der Waals surface area contributed by atoms with Crippen LogP contribution in [0.4, 0.5) is 18.9 Å². The van der Waals surface area contributed by atoms with Crippen LogP contribution in [-0.2, 0) is 22.2 Å². The molecule has 2 rings (SSSR count). The van der Waals surface area contributed by atoms with E-state index in [2.05, 4.69) is 5.32 Å². The van der Waals surface area contributed by atoms with Crippen molar-refractivity contribution in [3.05, 3.63) is 59.7 Å². The van der Waals surface area contributed by atoms with E-state index in [9.17, 15) is 22.8 Å². The molecule has 0 aliphatic heterocycles. The fraction of sp³-hybridized carbons (Fsp3) is 0.263. The fourth-order valence-electron chi connectivity index (χ4n) is 2.38. The van der Waals surface area contributed by atoms with E-state index in [1.165, 1.54) is 18.2 Å². The smallest absolute Gasteiger partial charge is 0.416 e. The molecule has 0 radical (unpaired) electrons. The SMILES string of the molecule is O=C(O)CCCOc1ccc(NC(=O)Cc2ccccc2C(F)(F)F)cc1. The second-order valence-electron chi connectivity index (χ2n) is 5.75. The molecule has 0 fully saturated rings. The summed E-state index contributed by atoms with van der Waals surface area (Å²) < 4.78 is 44.3. The Kier molecular flexibility index (Phi) is 6.81. The van der Waals surface area contributed by atoms with Crippen LogP contribution in [0, 0.1) is 0 Å². The van der Waals surface area contributed by atoms with Crippen LogP contribution in [0.3, 0.4) is 0 Å². The predicted molar refractivity (Wildman–Crippen MR) is 92.6 cm³/mol. The van der Waals surface area contributed by atoms with Gasteiger partial charge in [0.25, 0.3) is 0 Å². The number of carbonyl (C=O) groups excluding carboxylic acids is 1. The molecule has 0 aliphatic carbocycles. The molecule has 0 aromatic heterocycles. The van der Waals surface area contributed by atoms with Crippen LogP contribution in [0.5, 0.6) is 5.75 Å². The van der Waals surface area contributed by atoms with Crippen LogP contribution in [0.25, 0.3) is 0 Å². The molecule has 0 aliphatic rings. The van der Waals surface area contributed by atoms with Gasteiger partial charge in [-0.3, -0.25) is 9.59 Å². The van der Waals surface area contributed by atoms with Crippen molar-refractivity contribution in [2.24, 2.45) is 0 Å². The van der Waals surface area contributed by atoms with Crippen LogP contribution in [0.1, 0.15) is 24.0 Å². The lowest BCUT2D eigenvalue weighted by Crippen LogP contribution is -2.17. The van der Waals surface area contributed by atoms with Gasteiger partial charge in [0.05, 0.1) is 18.6 Å². The molecule has 0 saturated heterocycles. The number of carbonyl (C=O) groups is 2. The van der Waals surface area contributed by atoms with Gasteiger partial charge in [-0.2, -0.15) is 13.2 Å². The van der Waals surface area contributed by atoms with E-state index >= 15 is 0 Å². The van der Waals surface area contributed by atoms with Crippen LogP contribution >= 0.6 is 0 Å². The Balaban J connectivity index is 1.90. The maximum atomic E-state index is 13.0. The van der Waals surface area contributed by atoms with E-state index in [-0.39, 0.29) is 18.6 Å². The van der Waals surface area contributed by atoms with Crippen molar-refractivity contribution in [3.8, 4) is 5.75 Å². The Morgan fingerprint density at radius 3 is 2.33 bits per heavy atom. The number of aliphatic carboxylic acids is 1. The van der Waals surface area contributed by atoms with Crippen molar-refractivity contribution in [1.29, 1.82) is 0 Å². The highest BCUT2D eigenvalue weighted by Crippen LogP contribution is 2.32. The molecule has 144 valence electrons. The molecular weight excluding hydrogens is 363 g/mol. The number of nitrogens with one attached hydrogen (secondary N) is 1. The van der Waals surface area contributed by atoms with Crippen molar-refractivity contribution in [3.63, 3.8) is 0 Å². The summed E-state index contributed by atoms with van der Waals surface area (Å²) in [6.45, 7) is 0.242. The third kappa shape index (κ3) is 6.65. The average Bonchev–Trinajstić information content (AvgIpc) is 2.59. The summed E-state index contributed by atoms with van der Waals surface area (Å²) in [6, 6.07) is 11.2. The summed E-state index contributed by atoms with van der Waals surface area (Å²) in [7, 11) is 0. The van der Waals surface area contributed by atoms with Crippen LogP contribution in [-0.4, -0.2) is 23.6 Å². The minimum Gasteiger partial charge on any atom is -0.494 e. The van der Waals surface area contributed by atoms with Gasteiger partial charge >= 0.3 is 12.1 Å². The van der Waals surface area contributed by atoms with Gasteiger partial charge in [0.1, 0.15) is 5.75 Å². The van der Waals surface area contributed by atoms with Gasteiger partial charge in [-0.25, -0.2) is 0 Å². The highest BCUT2D eigenvalue weighted by molar-refractivity contribution is 5.92. The molecule has 0 unspecified atom stereocenters. The summed E-state index contributed by atoms with van der Waals surface area (Å²) in [4.78, 5) is 22.5. The van der Waals surface area contributed by atoms with E-state index in [1.54, 1.807) is 24.3 Å². The Morgan fingerprint density at radius 2 is 1.70 bits per heavy atom. The molecule has 2 N–H and O–H groups in total. The first-order valence-electron chi connectivity index (χ1n) is 8.15. The standard InChI is InChI=1S/C19H18F3NO4/c20-19(21,22)16-5-2-1-4-13(16)12-17(24)23-14-7-9-15(10-8-14)27-11-3-6-18(25)26/h1-2,4-5,7-10H,3,6,11-12H2,(H,23,24)(H,25,26). The number of hydrogen-bond acceptors (Lipinski definition) is 3. The first-order chi connectivity index (χ1) is 12.8. The number of halogens is 3. The zero-order chi connectivity index (χ0) is 19.9. The summed E-state index contributed by atoms with van der Waals surface area (Å²) >= 11 is 0. The molecule has 27 heavy (non-hydrogen) atoms. The van der Waals surface area contributed by atoms with E-state index in [4.69, 9.17) is 9.84 Å². The van der Waals surface area contributed by atoms with Gasteiger partial charge in [-0.05, 0) is 42.3 Å². The van der Waals surface area contributed by atoms with Crippen LogP contribution < -0.4 is 10.1 Å². The number of amides is 1. The second-order valence-corrected chi connectivity index (χ2v) is 5.75. The summed E-state index contributed by atoms with van der Waals surface area (Å²) in [5.74, 6) is -0.966. The van der Waals surface area contributed by atoms with Crippen LogP contribution in [0.2, 0.25) is 0 Å². The molecule has 2 aromatic rings. The molecule has 5 nitrogen and oxygen atoms in total. The number of ether oxygens (including phenoxy) is 1. The van der Waals surface area contributed by atoms with E-state index < -0.39 is 30.0 Å². The van der Waals surface area contributed by atoms with Crippen molar-refractivity contribution in [1.82, 2.24) is 0 Å². The third-order valence-corrected chi connectivity index (χ3v) is 3.62. The lowest BCUT2D eigenvalue weighted by atomic mass is 10.0. The van der Waals surface area contributed by atoms with Gasteiger partial charge in [-0.1, -0.05) is 18.2 Å². The third-order valence-electron chi connectivity index (χ3n) is 3.62. The summed E-state index contributed by atoms with van der Waals surface area (Å²) in [5, 5.41) is 11.1. The highest BCUT2D eigenvalue weighted by Gasteiger charge is 2.33. The Hall–Kier alpha value is -3.03. The van der Waals surface area contributed by atoms with Crippen molar-refractivity contribution >= 4 is 17.6 Å². The topological polar surface area (TPSA) is 75.6 Å². The molecule has 2 aromatic carbocycles. The van der Waals surface area contributed by atoms with Gasteiger partial charge in [0.15, 0.2) is 0 Å². The lowest BCUT2D eigenvalue weighted by molar-refractivity contribution is -0.138. The molecule has 0 spiro atoms. The first kappa shape index (κ1) is 20.3. The molecule has 0 bridgehead atoms. The van der Waals surface area contributed by atoms with E-state index in [0.717, 1.165) is 6.07 Å². The maximum absolute atomic E-state index is 13.0. The van der Waals surface area contributed by atoms with Crippen LogP contribution in [0.15, 0.2) is 48.5 Å². The first-order valence-corrected chi connectivity index (χ1v) is 8.15. The summed E-state index contributed by atoms with van der Waals surface area (Å²) in [5.41, 5.74) is -0.506. The highest BCUT2D eigenvalue weighted by atomic mass is 19.4. The number of anilines is 1. The Bertz CT molecular complexity index is 788. The maximum Gasteiger partial charge on any atom is 0.416 e. The fourth-order valence-corrected chi connectivity index (χ4v) is 2.38. The number of carboxylic acids is 1. The molecule has 0 saturated carbocycles. The molecule has 0 heterocycles. The Morgan fingerprint density at radius 1 is 1.04 bits per heavy atom. The molecule has 0 atom stereocenters. The summed E-state index contributed by atoms with van der Waals surface area (Å²) in [6.07, 6.45) is -4.54. The van der Waals surface area contributed by atoms with E-state index in [1.807, 2.05) is 0 Å². The normalized spacial score (nSPS) is 11.1. The van der Waals surface area contributed by atoms with Gasteiger partial charge in [-0.15, -0.1) is 0 Å². The molecule has 8 heteroatoms. The second kappa shape index (κ2) is 9.07. The monoisotopic (exact) mass is 381 g/mol. The Labute approximate surface area is 153 Å². The van der Waals surface area contributed by atoms with Crippen molar-refractivity contribution in [2.75, 3.05) is 11.9 Å². The van der Waals surface area contributed by atoms with E-state index in [0.29, 0.717) is 17.9 Å². The number of hydrogen-bond donors (Lipinski definition) is 2. The minimum absolute atomic E-state index is 0.00748. The van der Waals surface area contributed by atoms with Gasteiger partial charge in [0, 0.05) is 12.1 Å². The number of rotatable bonds is 8. The largest absolute Gasteiger partial charge is 0.494 e. The molecular formula is C19H18F3NO4. The quantitative estimate of drug-likeness (QED) is 0.674. The molecule has 1 amide bonds. The lowest BCUT2D eigenvalue weighted by Gasteiger charge is -2.13. The zero-order valence-electron chi connectivity index (χ0n) is 14.3. The van der Waals surface area contributed by atoms with Crippen molar-refractivity contribution in [2.45, 2.75) is 25.4 Å². The number of benzene rings is 2. The average molecular weight is 381 g/mol. The van der Waals surface area contributed by atoms with Gasteiger partial charge in [0.2, 0.25) is 5.91 Å². The number of alkyl halides is 3.